The van der Waals surface area contributed by atoms with Crippen molar-refractivity contribution in [1.29, 1.82) is 0 Å². The number of rotatable bonds is 4. The predicted molar refractivity (Wildman–Crippen MR) is 106 cm³/mol. The number of halogens is 2. The van der Waals surface area contributed by atoms with Crippen LogP contribution in [-0.2, 0) is 9.59 Å². The third kappa shape index (κ3) is 4.30. The zero-order valence-corrected chi connectivity index (χ0v) is 15.6. The molecule has 1 fully saturated rings. The van der Waals surface area contributed by atoms with Crippen LogP contribution in [0.25, 0.3) is 6.08 Å². The number of anilines is 1. The molecule has 132 valence electrons. The Labute approximate surface area is 164 Å². The van der Waals surface area contributed by atoms with Crippen molar-refractivity contribution in [3.63, 3.8) is 0 Å². The fraction of sp³-hybridized carbons (Fsp3) is 0.0556. The molecule has 2 amide bonds. The molecule has 4 nitrogen and oxygen atoms in total. The Morgan fingerprint density at radius 2 is 1.92 bits per heavy atom. The molecule has 8 heteroatoms. The summed E-state index contributed by atoms with van der Waals surface area (Å²) < 4.78 is 14.0. The van der Waals surface area contributed by atoms with Crippen LogP contribution in [0.5, 0.6) is 0 Å². The fourth-order valence-corrected chi connectivity index (χ4v) is 3.62. The van der Waals surface area contributed by atoms with E-state index in [0.29, 0.717) is 16.3 Å². The van der Waals surface area contributed by atoms with Gasteiger partial charge in [-0.1, -0.05) is 53.8 Å². The summed E-state index contributed by atoms with van der Waals surface area (Å²) in [6, 6.07) is 12.7. The van der Waals surface area contributed by atoms with Gasteiger partial charge in [-0.05, 0) is 36.4 Å². The van der Waals surface area contributed by atoms with Crippen molar-refractivity contribution in [2.75, 3.05) is 11.9 Å². The van der Waals surface area contributed by atoms with Gasteiger partial charge in [0.15, 0.2) is 0 Å². The summed E-state index contributed by atoms with van der Waals surface area (Å²) >= 11 is 12.0. The molecule has 2 aromatic rings. The van der Waals surface area contributed by atoms with Gasteiger partial charge in [0.2, 0.25) is 5.91 Å². The number of carbonyl (C=O) groups excluding carboxylic acids is 2. The molecule has 1 aliphatic rings. The Kier molecular flexibility index (Phi) is 5.70. The van der Waals surface area contributed by atoms with Crippen molar-refractivity contribution in [1.82, 2.24) is 4.90 Å². The van der Waals surface area contributed by atoms with Gasteiger partial charge >= 0.3 is 0 Å². The average molecular weight is 407 g/mol. The molecule has 26 heavy (non-hydrogen) atoms. The molecule has 2 aromatic carbocycles. The maximum atomic E-state index is 13.8. The van der Waals surface area contributed by atoms with Gasteiger partial charge in [0.25, 0.3) is 5.91 Å². The average Bonchev–Trinajstić information content (AvgIpc) is 2.86. The summed E-state index contributed by atoms with van der Waals surface area (Å²) in [5.74, 6) is -1.25. The third-order valence-corrected chi connectivity index (χ3v) is 5.12. The predicted octanol–water partition coefficient (Wildman–Crippen LogP) is 4.32. The van der Waals surface area contributed by atoms with E-state index in [9.17, 15) is 14.0 Å². The van der Waals surface area contributed by atoms with Crippen molar-refractivity contribution in [3.8, 4) is 0 Å². The lowest BCUT2D eigenvalue weighted by Gasteiger charge is -2.14. The van der Waals surface area contributed by atoms with E-state index >= 15 is 0 Å². The number of thioether (sulfide) groups is 1. The Balaban J connectivity index is 1.70. The second-order valence-corrected chi connectivity index (χ2v) is 7.46. The molecule has 1 heterocycles. The summed E-state index contributed by atoms with van der Waals surface area (Å²) in [7, 11) is 0. The van der Waals surface area contributed by atoms with Crippen LogP contribution in [0.1, 0.15) is 5.56 Å². The van der Waals surface area contributed by atoms with Gasteiger partial charge in [-0.3, -0.25) is 14.5 Å². The molecule has 0 spiro atoms. The lowest BCUT2D eigenvalue weighted by molar-refractivity contribution is -0.126. The molecule has 1 aliphatic heterocycles. The highest BCUT2D eigenvalue weighted by atomic mass is 35.5. The van der Waals surface area contributed by atoms with Gasteiger partial charge < -0.3 is 5.32 Å². The summed E-state index contributed by atoms with van der Waals surface area (Å²) in [5.41, 5.74) is 0.852. The van der Waals surface area contributed by atoms with Crippen LogP contribution in [0.4, 0.5) is 10.1 Å². The van der Waals surface area contributed by atoms with E-state index in [-0.39, 0.29) is 15.8 Å². The Bertz CT molecular complexity index is 916. The second kappa shape index (κ2) is 7.99. The van der Waals surface area contributed by atoms with Crippen LogP contribution in [-0.4, -0.2) is 27.6 Å². The molecule has 0 aliphatic carbocycles. The zero-order valence-electron chi connectivity index (χ0n) is 13.2. The van der Waals surface area contributed by atoms with Crippen molar-refractivity contribution < 1.29 is 14.0 Å². The molecule has 0 bridgehead atoms. The van der Waals surface area contributed by atoms with E-state index in [4.69, 9.17) is 23.8 Å². The summed E-state index contributed by atoms with van der Waals surface area (Å²) in [4.78, 5) is 26.1. The minimum absolute atomic E-state index is 0.220. The first kappa shape index (κ1) is 18.6. The first-order chi connectivity index (χ1) is 12.4. The van der Waals surface area contributed by atoms with Gasteiger partial charge in [-0.25, -0.2) is 4.39 Å². The number of hydrogen-bond donors (Lipinski definition) is 1. The van der Waals surface area contributed by atoms with Gasteiger partial charge in [0.05, 0.1) is 4.91 Å². The van der Waals surface area contributed by atoms with Gasteiger partial charge in [-0.15, -0.1) is 0 Å². The van der Waals surface area contributed by atoms with Crippen molar-refractivity contribution in [2.24, 2.45) is 0 Å². The third-order valence-electron chi connectivity index (χ3n) is 3.50. The molecule has 1 saturated heterocycles. The van der Waals surface area contributed by atoms with Crippen molar-refractivity contribution >= 4 is 63.5 Å². The Morgan fingerprint density at radius 3 is 2.62 bits per heavy atom. The number of carbonyl (C=O) groups is 2. The minimum atomic E-state index is -0.432. The van der Waals surface area contributed by atoms with Crippen molar-refractivity contribution in [2.45, 2.75) is 0 Å². The summed E-state index contributed by atoms with van der Waals surface area (Å²) in [6.07, 6.45) is 1.44. The van der Waals surface area contributed by atoms with Crippen LogP contribution in [0.15, 0.2) is 53.4 Å². The van der Waals surface area contributed by atoms with Crippen LogP contribution < -0.4 is 5.32 Å². The summed E-state index contributed by atoms with van der Waals surface area (Å²) in [6.45, 7) is -0.220. The first-order valence-electron chi connectivity index (χ1n) is 7.49. The van der Waals surface area contributed by atoms with Gasteiger partial charge in [0, 0.05) is 16.3 Å². The van der Waals surface area contributed by atoms with E-state index < -0.39 is 17.6 Å². The zero-order chi connectivity index (χ0) is 18.7. The summed E-state index contributed by atoms with van der Waals surface area (Å²) in [5, 5.41) is 3.22. The van der Waals surface area contributed by atoms with E-state index in [1.807, 2.05) is 0 Å². The molecule has 0 radical (unpaired) electrons. The number of hydrogen-bond acceptors (Lipinski definition) is 4. The minimum Gasteiger partial charge on any atom is -0.325 e. The highest BCUT2D eigenvalue weighted by Crippen LogP contribution is 2.32. The van der Waals surface area contributed by atoms with E-state index in [0.717, 1.165) is 11.8 Å². The second-order valence-electron chi connectivity index (χ2n) is 5.34. The van der Waals surface area contributed by atoms with E-state index in [2.05, 4.69) is 5.32 Å². The number of amides is 2. The maximum Gasteiger partial charge on any atom is 0.266 e. The molecule has 0 aromatic heterocycles. The van der Waals surface area contributed by atoms with Crippen molar-refractivity contribution in [3.05, 3.63) is 69.8 Å². The number of thiocarbonyl (C=S) groups is 1. The van der Waals surface area contributed by atoms with Gasteiger partial charge in [0.1, 0.15) is 16.7 Å². The molecular formula is C18H12ClFN2O2S2. The maximum absolute atomic E-state index is 13.8. The molecule has 0 saturated carbocycles. The molecule has 0 atom stereocenters. The monoisotopic (exact) mass is 406 g/mol. The van der Waals surface area contributed by atoms with Gasteiger partial charge in [-0.2, -0.15) is 0 Å². The van der Waals surface area contributed by atoms with E-state index in [1.54, 1.807) is 42.5 Å². The van der Waals surface area contributed by atoms with Crippen LogP contribution in [0.2, 0.25) is 5.02 Å². The lowest BCUT2D eigenvalue weighted by Crippen LogP contribution is -2.36. The highest BCUT2D eigenvalue weighted by molar-refractivity contribution is 8.26. The smallest absolute Gasteiger partial charge is 0.266 e. The highest BCUT2D eigenvalue weighted by Gasteiger charge is 2.33. The number of nitrogens with one attached hydrogen (secondary N) is 1. The topological polar surface area (TPSA) is 49.4 Å². The van der Waals surface area contributed by atoms with Crippen LogP contribution >= 0.6 is 35.6 Å². The standard InChI is InChI=1S/C18H12ClFN2O2S2/c19-12-5-7-13(8-6-12)21-16(23)10-22-17(24)15(26-18(22)25)9-11-3-1-2-4-14(11)20/h1-9H,10H2,(H,21,23)/b15-9-. The molecule has 0 unspecified atom stereocenters. The number of nitrogens with zero attached hydrogens (tertiary/aromatic N) is 1. The largest absolute Gasteiger partial charge is 0.325 e. The molecule has 1 N–H and O–H groups in total. The van der Waals surface area contributed by atoms with Crippen LogP contribution in [0, 0.1) is 5.82 Å². The normalized spacial score (nSPS) is 15.6. The quantitative estimate of drug-likeness (QED) is 0.607. The lowest BCUT2D eigenvalue weighted by atomic mass is 10.2. The number of benzene rings is 2. The molecular weight excluding hydrogens is 395 g/mol. The van der Waals surface area contributed by atoms with E-state index in [1.165, 1.54) is 17.0 Å². The molecule has 3 rings (SSSR count). The van der Waals surface area contributed by atoms with Crippen LogP contribution in [0.3, 0.4) is 0 Å². The Hall–Kier alpha value is -2.22. The SMILES string of the molecule is O=C(CN1C(=O)/C(=C/c2ccccc2F)SC1=S)Nc1ccc(Cl)cc1. The first-order valence-corrected chi connectivity index (χ1v) is 9.09. The fourth-order valence-electron chi connectivity index (χ4n) is 2.25. The Morgan fingerprint density at radius 1 is 1.23 bits per heavy atom.